The highest BCUT2D eigenvalue weighted by Gasteiger charge is 1.99. The third-order valence-corrected chi connectivity index (χ3v) is 3.04. The second-order valence-electron chi connectivity index (χ2n) is 2.88. The van der Waals surface area contributed by atoms with E-state index in [1.54, 1.807) is 11.3 Å². The van der Waals surface area contributed by atoms with Crippen LogP contribution in [0.1, 0.15) is 26.3 Å². The zero-order valence-electron chi connectivity index (χ0n) is 9.00. The smallest absolute Gasteiger partial charge is 0.0502 e. The van der Waals surface area contributed by atoms with Crippen LogP contribution in [0.3, 0.4) is 0 Å². The van der Waals surface area contributed by atoms with Crippen molar-refractivity contribution in [2.75, 3.05) is 5.73 Å². The standard InChI is InChI=1S/C10H11NS.C2H6/c1-2-7-3-4-8-9(11)6-12-10(8)5-7;1-2/h3-6H,2,11H2,1H3;1-2H3. The average molecular weight is 207 g/mol. The zero-order valence-corrected chi connectivity index (χ0v) is 9.82. The van der Waals surface area contributed by atoms with E-state index in [-0.39, 0.29) is 0 Å². The Labute approximate surface area is 89.6 Å². The quantitative estimate of drug-likeness (QED) is 0.749. The molecule has 0 atom stereocenters. The molecule has 0 aliphatic heterocycles. The average Bonchev–Trinajstić information content (AvgIpc) is 2.63. The first-order chi connectivity index (χ1) is 6.81. The maximum Gasteiger partial charge on any atom is 0.0502 e. The van der Waals surface area contributed by atoms with Gasteiger partial charge >= 0.3 is 0 Å². The van der Waals surface area contributed by atoms with Crippen LogP contribution in [0.15, 0.2) is 23.6 Å². The van der Waals surface area contributed by atoms with Gasteiger partial charge < -0.3 is 5.73 Å². The lowest BCUT2D eigenvalue weighted by molar-refractivity contribution is 1.15. The third-order valence-electron chi connectivity index (χ3n) is 2.08. The first-order valence-corrected chi connectivity index (χ1v) is 5.95. The topological polar surface area (TPSA) is 26.0 Å². The lowest BCUT2D eigenvalue weighted by Crippen LogP contribution is -1.81. The Bertz CT molecular complexity index is 404. The van der Waals surface area contributed by atoms with Crippen LogP contribution >= 0.6 is 11.3 Å². The van der Waals surface area contributed by atoms with E-state index < -0.39 is 0 Å². The molecule has 0 aliphatic carbocycles. The first kappa shape index (κ1) is 11.1. The lowest BCUT2D eigenvalue weighted by atomic mass is 10.1. The molecular formula is C12H17NS. The molecule has 0 fully saturated rings. The largest absolute Gasteiger partial charge is 0.398 e. The molecule has 0 spiro atoms. The molecule has 1 heterocycles. The van der Waals surface area contributed by atoms with Gasteiger partial charge in [-0.05, 0) is 18.1 Å². The second-order valence-corrected chi connectivity index (χ2v) is 3.79. The van der Waals surface area contributed by atoms with Crippen molar-refractivity contribution < 1.29 is 0 Å². The summed E-state index contributed by atoms with van der Waals surface area (Å²) in [5.74, 6) is 0. The molecule has 76 valence electrons. The molecule has 0 aliphatic rings. The molecule has 0 unspecified atom stereocenters. The van der Waals surface area contributed by atoms with Gasteiger partial charge in [-0.2, -0.15) is 0 Å². The molecular weight excluding hydrogens is 190 g/mol. The Kier molecular flexibility index (Phi) is 3.96. The highest BCUT2D eigenvalue weighted by molar-refractivity contribution is 7.17. The van der Waals surface area contributed by atoms with Crippen LogP contribution in [0.5, 0.6) is 0 Å². The van der Waals surface area contributed by atoms with Gasteiger partial charge in [0.15, 0.2) is 0 Å². The maximum atomic E-state index is 5.78. The minimum atomic E-state index is 0.901. The third kappa shape index (κ3) is 2.07. The van der Waals surface area contributed by atoms with E-state index in [2.05, 4.69) is 25.1 Å². The summed E-state index contributed by atoms with van der Waals surface area (Å²) in [5, 5.41) is 3.20. The van der Waals surface area contributed by atoms with E-state index in [9.17, 15) is 0 Å². The predicted octanol–water partition coefficient (Wildman–Crippen LogP) is 4.07. The Morgan fingerprint density at radius 2 is 2.00 bits per heavy atom. The molecule has 1 aromatic carbocycles. The van der Waals surface area contributed by atoms with E-state index in [0.717, 1.165) is 12.1 Å². The highest BCUT2D eigenvalue weighted by Crippen LogP contribution is 2.28. The van der Waals surface area contributed by atoms with Gasteiger partial charge in [-0.15, -0.1) is 11.3 Å². The maximum absolute atomic E-state index is 5.78. The van der Waals surface area contributed by atoms with Crippen LogP contribution in [0.2, 0.25) is 0 Å². The minimum absolute atomic E-state index is 0.901. The summed E-state index contributed by atoms with van der Waals surface area (Å²) in [5.41, 5.74) is 8.06. The van der Waals surface area contributed by atoms with Gasteiger partial charge in [0, 0.05) is 15.5 Å². The molecule has 2 rings (SSSR count). The van der Waals surface area contributed by atoms with Crippen molar-refractivity contribution in [3.63, 3.8) is 0 Å². The van der Waals surface area contributed by atoms with Gasteiger partial charge in [-0.1, -0.05) is 32.9 Å². The molecule has 0 amide bonds. The Hall–Kier alpha value is -1.02. The SMILES string of the molecule is CC.CCc1ccc2c(N)csc2c1. The minimum Gasteiger partial charge on any atom is -0.398 e. The van der Waals surface area contributed by atoms with E-state index in [1.165, 1.54) is 15.6 Å². The van der Waals surface area contributed by atoms with Crippen molar-refractivity contribution in [2.45, 2.75) is 27.2 Å². The zero-order chi connectivity index (χ0) is 10.6. The van der Waals surface area contributed by atoms with Crippen molar-refractivity contribution in [3.8, 4) is 0 Å². The molecule has 2 heteroatoms. The van der Waals surface area contributed by atoms with Crippen LogP contribution in [0.25, 0.3) is 10.1 Å². The van der Waals surface area contributed by atoms with E-state index >= 15 is 0 Å². The fourth-order valence-electron chi connectivity index (χ4n) is 1.31. The Balaban J connectivity index is 0.000000461. The number of thiophene rings is 1. The van der Waals surface area contributed by atoms with E-state index in [4.69, 9.17) is 5.73 Å². The Morgan fingerprint density at radius 3 is 2.64 bits per heavy atom. The van der Waals surface area contributed by atoms with Crippen molar-refractivity contribution in [2.24, 2.45) is 0 Å². The lowest BCUT2D eigenvalue weighted by Gasteiger charge is -1.96. The fraction of sp³-hybridized carbons (Fsp3) is 0.333. The number of fused-ring (bicyclic) bond motifs is 1. The van der Waals surface area contributed by atoms with Crippen molar-refractivity contribution >= 4 is 27.1 Å². The van der Waals surface area contributed by atoms with Crippen LogP contribution in [0, 0.1) is 0 Å². The van der Waals surface area contributed by atoms with Crippen molar-refractivity contribution in [3.05, 3.63) is 29.1 Å². The normalized spacial score (nSPS) is 9.64. The van der Waals surface area contributed by atoms with Gasteiger partial charge in [0.25, 0.3) is 0 Å². The Morgan fingerprint density at radius 1 is 1.29 bits per heavy atom. The molecule has 0 saturated carbocycles. The number of nitrogen functional groups attached to an aromatic ring is 1. The molecule has 1 nitrogen and oxygen atoms in total. The molecule has 2 N–H and O–H groups in total. The number of nitrogens with two attached hydrogens (primary N) is 1. The fourth-order valence-corrected chi connectivity index (χ4v) is 2.23. The summed E-state index contributed by atoms with van der Waals surface area (Å²) in [6, 6.07) is 6.47. The van der Waals surface area contributed by atoms with Crippen LogP contribution in [-0.4, -0.2) is 0 Å². The number of rotatable bonds is 1. The van der Waals surface area contributed by atoms with E-state index in [1.807, 2.05) is 19.2 Å². The molecule has 0 radical (unpaired) electrons. The molecule has 14 heavy (non-hydrogen) atoms. The molecule has 0 bridgehead atoms. The summed E-state index contributed by atoms with van der Waals surface area (Å²) in [7, 11) is 0. The van der Waals surface area contributed by atoms with Crippen LogP contribution < -0.4 is 5.73 Å². The van der Waals surface area contributed by atoms with Gasteiger partial charge in [-0.25, -0.2) is 0 Å². The van der Waals surface area contributed by atoms with Crippen LogP contribution in [-0.2, 0) is 6.42 Å². The number of hydrogen-bond donors (Lipinski definition) is 1. The summed E-state index contributed by atoms with van der Waals surface area (Å²) in [6.07, 6.45) is 1.09. The van der Waals surface area contributed by atoms with Crippen molar-refractivity contribution in [1.29, 1.82) is 0 Å². The number of aryl methyl sites for hydroxylation is 1. The second kappa shape index (κ2) is 5.01. The van der Waals surface area contributed by atoms with Gasteiger partial charge in [0.1, 0.15) is 0 Å². The summed E-state index contributed by atoms with van der Waals surface area (Å²) in [4.78, 5) is 0. The first-order valence-electron chi connectivity index (χ1n) is 5.07. The molecule has 1 aromatic heterocycles. The van der Waals surface area contributed by atoms with Crippen molar-refractivity contribution in [1.82, 2.24) is 0 Å². The number of benzene rings is 1. The number of anilines is 1. The van der Waals surface area contributed by atoms with Gasteiger partial charge in [-0.3, -0.25) is 0 Å². The van der Waals surface area contributed by atoms with Gasteiger partial charge in [0.2, 0.25) is 0 Å². The monoisotopic (exact) mass is 207 g/mol. The summed E-state index contributed by atoms with van der Waals surface area (Å²) in [6.45, 7) is 6.16. The van der Waals surface area contributed by atoms with Gasteiger partial charge in [0.05, 0.1) is 5.69 Å². The highest BCUT2D eigenvalue weighted by atomic mass is 32.1. The van der Waals surface area contributed by atoms with Crippen LogP contribution in [0.4, 0.5) is 5.69 Å². The molecule has 0 saturated heterocycles. The number of hydrogen-bond acceptors (Lipinski definition) is 2. The summed E-state index contributed by atoms with van der Waals surface area (Å²) >= 11 is 1.72. The van der Waals surface area contributed by atoms with E-state index in [0.29, 0.717) is 0 Å². The molecule has 2 aromatic rings. The summed E-state index contributed by atoms with van der Waals surface area (Å²) < 4.78 is 1.30. The predicted molar refractivity (Wildman–Crippen MR) is 67.0 cm³/mol.